The van der Waals surface area contributed by atoms with Crippen LogP contribution in [-0.2, 0) is 6.61 Å². The van der Waals surface area contributed by atoms with Crippen LogP contribution in [0.2, 0.25) is 0 Å². The first-order chi connectivity index (χ1) is 14.4. The summed E-state index contributed by atoms with van der Waals surface area (Å²) < 4.78 is 33.2. The minimum Gasteiger partial charge on any atom is -0.489 e. The second-order valence-electron chi connectivity index (χ2n) is 6.22. The zero-order chi connectivity index (χ0) is 21.7. The van der Waals surface area contributed by atoms with Gasteiger partial charge in [0, 0.05) is 17.2 Å². The Morgan fingerprint density at radius 2 is 1.80 bits per heavy atom. The molecule has 0 aliphatic carbocycles. The van der Waals surface area contributed by atoms with E-state index >= 15 is 0 Å². The first kappa shape index (κ1) is 20.5. The molecule has 3 rings (SSSR count). The minimum absolute atomic E-state index is 0.114. The minimum atomic E-state index is -1.12. The molecule has 0 radical (unpaired) electrons. The Morgan fingerprint density at radius 3 is 2.53 bits per heavy atom. The number of ether oxygens (including phenoxy) is 1. The molecule has 3 N–H and O–H groups in total. The number of carbonyl (C=O) groups excluding carboxylic acids is 2. The number of primary amides is 1. The van der Waals surface area contributed by atoms with Gasteiger partial charge in [-0.15, -0.1) is 0 Å². The second-order valence-corrected chi connectivity index (χ2v) is 6.22. The smallest absolute Gasteiger partial charge is 0.255 e. The third-order valence-corrected chi connectivity index (χ3v) is 4.20. The van der Waals surface area contributed by atoms with Crippen molar-refractivity contribution in [2.45, 2.75) is 6.61 Å². The van der Waals surface area contributed by atoms with Crippen molar-refractivity contribution in [3.05, 3.63) is 94.6 Å². The van der Waals surface area contributed by atoms with E-state index in [1.165, 1.54) is 12.1 Å². The predicted molar refractivity (Wildman–Crippen MR) is 105 cm³/mol. The summed E-state index contributed by atoms with van der Waals surface area (Å²) in [5.41, 5.74) is 5.42. The molecule has 3 aromatic rings. The van der Waals surface area contributed by atoms with Crippen LogP contribution in [0.4, 0.5) is 14.5 Å². The van der Waals surface area contributed by atoms with Crippen molar-refractivity contribution in [3.8, 4) is 11.8 Å². The number of nitriles is 1. The van der Waals surface area contributed by atoms with Crippen molar-refractivity contribution in [1.82, 2.24) is 0 Å². The highest BCUT2D eigenvalue weighted by molar-refractivity contribution is 6.05. The quantitative estimate of drug-likeness (QED) is 0.649. The topological polar surface area (TPSA) is 105 Å². The van der Waals surface area contributed by atoms with Crippen LogP contribution >= 0.6 is 0 Å². The van der Waals surface area contributed by atoms with Gasteiger partial charge in [0.2, 0.25) is 0 Å². The van der Waals surface area contributed by atoms with Gasteiger partial charge in [0.1, 0.15) is 24.0 Å². The number of nitrogens with one attached hydrogen (secondary N) is 1. The monoisotopic (exact) mass is 407 g/mol. The van der Waals surface area contributed by atoms with Gasteiger partial charge in [-0.3, -0.25) is 9.59 Å². The fourth-order valence-corrected chi connectivity index (χ4v) is 2.67. The van der Waals surface area contributed by atoms with Crippen molar-refractivity contribution in [3.63, 3.8) is 0 Å². The summed E-state index contributed by atoms with van der Waals surface area (Å²) in [4.78, 5) is 23.7. The fourth-order valence-electron chi connectivity index (χ4n) is 2.67. The van der Waals surface area contributed by atoms with E-state index in [1.54, 1.807) is 36.4 Å². The van der Waals surface area contributed by atoms with Gasteiger partial charge in [0.15, 0.2) is 0 Å². The highest BCUT2D eigenvalue weighted by Gasteiger charge is 2.16. The van der Waals surface area contributed by atoms with Gasteiger partial charge in [-0.1, -0.05) is 24.3 Å². The molecule has 0 aliphatic rings. The highest BCUT2D eigenvalue weighted by Crippen LogP contribution is 2.22. The van der Waals surface area contributed by atoms with E-state index in [0.717, 1.165) is 6.07 Å². The average Bonchev–Trinajstić information content (AvgIpc) is 2.74. The van der Waals surface area contributed by atoms with Crippen LogP contribution in [0.1, 0.15) is 31.8 Å². The maximum Gasteiger partial charge on any atom is 0.255 e. The molecule has 3 aromatic carbocycles. The summed E-state index contributed by atoms with van der Waals surface area (Å²) in [5, 5.41) is 11.4. The average molecular weight is 407 g/mol. The van der Waals surface area contributed by atoms with Gasteiger partial charge >= 0.3 is 0 Å². The second kappa shape index (κ2) is 8.84. The lowest BCUT2D eigenvalue weighted by atomic mass is 10.1. The molecule has 0 atom stereocenters. The van der Waals surface area contributed by atoms with E-state index in [2.05, 4.69) is 11.4 Å². The largest absolute Gasteiger partial charge is 0.489 e. The Labute approximate surface area is 170 Å². The Balaban J connectivity index is 1.76. The summed E-state index contributed by atoms with van der Waals surface area (Å²) in [5.74, 6) is -3.60. The highest BCUT2D eigenvalue weighted by atomic mass is 19.1. The van der Waals surface area contributed by atoms with Crippen molar-refractivity contribution in [1.29, 1.82) is 5.26 Å². The summed E-state index contributed by atoms with van der Waals surface area (Å²) >= 11 is 0. The molecule has 2 amide bonds. The number of amides is 2. The summed E-state index contributed by atoms with van der Waals surface area (Å²) in [6, 6.07) is 16.4. The zero-order valence-electron chi connectivity index (χ0n) is 15.5. The lowest BCUT2D eigenvalue weighted by Crippen LogP contribution is -2.17. The molecule has 30 heavy (non-hydrogen) atoms. The molecule has 0 aromatic heterocycles. The van der Waals surface area contributed by atoms with E-state index < -0.39 is 29.0 Å². The van der Waals surface area contributed by atoms with Gasteiger partial charge in [-0.05, 0) is 30.3 Å². The number of rotatable bonds is 6. The molecule has 0 saturated heterocycles. The third-order valence-electron chi connectivity index (χ3n) is 4.20. The Kier molecular flexibility index (Phi) is 6.03. The van der Waals surface area contributed by atoms with Crippen molar-refractivity contribution < 1.29 is 23.1 Å². The number of nitrogens with zero attached hydrogens (tertiary/aromatic N) is 1. The molecule has 0 heterocycles. The summed E-state index contributed by atoms with van der Waals surface area (Å²) in [6.07, 6.45) is 0. The molecule has 0 fully saturated rings. The van der Waals surface area contributed by atoms with E-state index in [-0.39, 0.29) is 17.9 Å². The SMILES string of the molecule is N#Cc1ccccc1COc1cccc(C(=O)Nc2cc(C(N)=O)c(F)cc2F)c1. The lowest BCUT2D eigenvalue weighted by Gasteiger charge is -2.11. The Morgan fingerprint density at radius 1 is 1.03 bits per heavy atom. The maximum atomic E-state index is 14.0. The molecule has 6 nitrogen and oxygen atoms in total. The van der Waals surface area contributed by atoms with Crippen LogP contribution in [0.3, 0.4) is 0 Å². The van der Waals surface area contributed by atoms with Crippen LogP contribution in [-0.4, -0.2) is 11.8 Å². The summed E-state index contributed by atoms with van der Waals surface area (Å²) in [6.45, 7) is 0.114. The van der Waals surface area contributed by atoms with E-state index in [9.17, 15) is 18.4 Å². The number of nitrogens with two attached hydrogens (primary N) is 1. The number of anilines is 1. The van der Waals surface area contributed by atoms with Crippen LogP contribution in [0.25, 0.3) is 0 Å². The Hall–Kier alpha value is -4.25. The standard InChI is InChI=1S/C22H15F2N3O3/c23-18-10-19(24)20(9-17(18)21(26)28)27-22(29)13-6-3-7-16(8-13)30-12-15-5-2-1-4-14(15)11-25/h1-10H,12H2,(H2,26,28)(H,27,29). The first-order valence-corrected chi connectivity index (χ1v) is 8.70. The molecular weight excluding hydrogens is 392 g/mol. The van der Waals surface area contributed by atoms with Crippen molar-refractivity contribution in [2.24, 2.45) is 5.73 Å². The first-order valence-electron chi connectivity index (χ1n) is 8.70. The van der Waals surface area contributed by atoms with Crippen molar-refractivity contribution >= 4 is 17.5 Å². The number of benzene rings is 3. The Bertz CT molecular complexity index is 1170. The van der Waals surface area contributed by atoms with Gasteiger partial charge in [0.05, 0.1) is 22.9 Å². The van der Waals surface area contributed by atoms with Crippen LogP contribution in [0.5, 0.6) is 5.75 Å². The van der Waals surface area contributed by atoms with Gasteiger partial charge in [0.25, 0.3) is 11.8 Å². The molecule has 0 saturated carbocycles. The molecule has 0 bridgehead atoms. The molecule has 0 spiro atoms. The molecule has 0 unspecified atom stereocenters. The fraction of sp³-hybridized carbons (Fsp3) is 0.0455. The molecule has 8 heteroatoms. The summed E-state index contributed by atoms with van der Waals surface area (Å²) in [7, 11) is 0. The zero-order valence-corrected chi connectivity index (χ0v) is 15.5. The predicted octanol–water partition coefficient (Wildman–Crippen LogP) is 3.77. The lowest BCUT2D eigenvalue weighted by molar-refractivity contribution is 0.0992. The van der Waals surface area contributed by atoms with Crippen LogP contribution in [0.15, 0.2) is 60.7 Å². The molecule has 150 valence electrons. The van der Waals surface area contributed by atoms with Crippen LogP contribution < -0.4 is 15.8 Å². The number of carbonyl (C=O) groups is 2. The van der Waals surface area contributed by atoms with Gasteiger partial charge in [-0.2, -0.15) is 5.26 Å². The third kappa shape index (κ3) is 4.59. The number of hydrogen-bond acceptors (Lipinski definition) is 4. The molecular formula is C22H15F2N3O3. The van der Waals surface area contributed by atoms with E-state index in [1.807, 2.05) is 0 Å². The van der Waals surface area contributed by atoms with Crippen molar-refractivity contribution in [2.75, 3.05) is 5.32 Å². The normalized spacial score (nSPS) is 10.2. The number of halogens is 2. The molecule has 0 aliphatic heterocycles. The van der Waals surface area contributed by atoms with Crippen LogP contribution in [0, 0.1) is 23.0 Å². The number of hydrogen-bond donors (Lipinski definition) is 2. The van der Waals surface area contributed by atoms with Gasteiger partial charge in [-0.25, -0.2) is 8.78 Å². The van der Waals surface area contributed by atoms with Gasteiger partial charge < -0.3 is 15.8 Å². The van der Waals surface area contributed by atoms with E-state index in [0.29, 0.717) is 22.9 Å². The maximum absolute atomic E-state index is 14.0. The van der Waals surface area contributed by atoms with E-state index in [4.69, 9.17) is 15.7 Å².